The zero-order valence-electron chi connectivity index (χ0n) is 4.52. The SMILES string of the molecule is CC(=O)NCC(O)F. The molecule has 0 radical (unpaired) electrons. The van der Waals surface area contributed by atoms with Crippen molar-refractivity contribution in [1.82, 2.24) is 5.32 Å². The van der Waals surface area contributed by atoms with E-state index in [1.165, 1.54) is 6.92 Å². The average Bonchev–Trinajstić information content (AvgIpc) is 1.61. The van der Waals surface area contributed by atoms with Crippen LogP contribution in [0.25, 0.3) is 0 Å². The highest BCUT2D eigenvalue weighted by molar-refractivity contribution is 5.72. The Kier molecular flexibility index (Phi) is 3.10. The highest BCUT2D eigenvalue weighted by Gasteiger charge is 1.97. The first-order valence-electron chi connectivity index (χ1n) is 2.19. The van der Waals surface area contributed by atoms with Crippen LogP contribution >= 0.6 is 0 Å². The molecule has 0 rings (SSSR count). The van der Waals surface area contributed by atoms with Gasteiger partial charge in [-0.3, -0.25) is 4.79 Å². The van der Waals surface area contributed by atoms with Crippen LogP contribution in [0.15, 0.2) is 0 Å². The number of nitrogens with one attached hydrogen (secondary N) is 1. The van der Waals surface area contributed by atoms with Crippen molar-refractivity contribution in [3.63, 3.8) is 0 Å². The molecule has 2 N–H and O–H groups in total. The highest BCUT2D eigenvalue weighted by Crippen LogP contribution is 1.77. The normalized spacial score (nSPS) is 12.9. The quantitative estimate of drug-likeness (QED) is 0.513. The smallest absolute Gasteiger partial charge is 0.217 e. The molecule has 0 heterocycles. The Morgan fingerprint density at radius 2 is 2.50 bits per heavy atom. The summed E-state index contributed by atoms with van der Waals surface area (Å²) in [4.78, 5) is 9.96. The van der Waals surface area contributed by atoms with Gasteiger partial charge in [-0.05, 0) is 0 Å². The maximum atomic E-state index is 11.4. The Morgan fingerprint density at radius 1 is 2.00 bits per heavy atom. The van der Waals surface area contributed by atoms with Crippen LogP contribution in [0, 0.1) is 0 Å². The summed E-state index contributed by atoms with van der Waals surface area (Å²) in [7, 11) is 0. The summed E-state index contributed by atoms with van der Waals surface area (Å²) in [5, 5.41) is 10.0. The first kappa shape index (κ1) is 7.36. The molecule has 0 saturated carbocycles. The first-order chi connectivity index (χ1) is 3.63. The molecule has 48 valence electrons. The molecule has 1 atom stereocenters. The van der Waals surface area contributed by atoms with Gasteiger partial charge in [0.1, 0.15) is 0 Å². The Bertz CT molecular complexity index is 84.1. The van der Waals surface area contributed by atoms with E-state index in [2.05, 4.69) is 5.32 Å². The lowest BCUT2D eigenvalue weighted by molar-refractivity contribution is -0.120. The zero-order valence-corrected chi connectivity index (χ0v) is 4.52. The molecule has 0 aromatic carbocycles. The van der Waals surface area contributed by atoms with Crippen LogP contribution in [-0.2, 0) is 4.79 Å². The molecule has 0 fully saturated rings. The minimum absolute atomic E-state index is 0.324. The maximum absolute atomic E-state index is 11.4. The van der Waals surface area contributed by atoms with Crippen molar-refractivity contribution in [3.8, 4) is 0 Å². The lowest BCUT2D eigenvalue weighted by atomic mass is 10.6. The number of aliphatic hydroxyl groups excluding tert-OH is 1. The second-order valence-corrected chi connectivity index (χ2v) is 1.37. The van der Waals surface area contributed by atoms with Crippen LogP contribution in [0.3, 0.4) is 0 Å². The van der Waals surface area contributed by atoms with Crippen LogP contribution in [0.2, 0.25) is 0 Å². The van der Waals surface area contributed by atoms with Crippen molar-refractivity contribution in [3.05, 3.63) is 0 Å². The second kappa shape index (κ2) is 3.37. The summed E-state index contributed by atoms with van der Waals surface area (Å²) in [6.45, 7) is 0.928. The topological polar surface area (TPSA) is 49.3 Å². The minimum atomic E-state index is -1.95. The van der Waals surface area contributed by atoms with E-state index < -0.39 is 6.36 Å². The Morgan fingerprint density at radius 3 is 2.62 bits per heavy atom. The first-order valence-corrected chi connectivity index (χ1v) is 2.19. The van der Waals surface area contributed by atoms with Crippen molar-refractivity contribution < 1.29 is 14.3 Å². The van der Waals surface area contributed by atoms with Crippen LogP contribution < -0.4 is 5.32 Å². The van der Waals surface area contributed by atoms with Crippen molar-refractivity contribution in [2.45, 2.75) is 13.3 Å². The van der Waals surface area contributed by atoms with Crippen LogP contribution in [0.5, 0.6) is 0 Å². The molecule has 0 aliphatic carbocycles. The van der Waals surface area contributed by atoms with Gasteiger partial charge in [-0.2, -0.15) is 0 Å². The number of carbonyl (C=O) groups is 1. The van der Waals surface area contributed by atoms with E-state index in [4.69, 9.17) is 5.11 Å². The fourth-order valence-electron chi connectivity index (χ4n) is 0.228. The number of alkyl halides is 1. The molecular formula is C4H8FNO2. The third kappa shape index (κ3) is 5.36. The number of carbonyl (C=O) groups excluding carboxylic acids is 1. The van der Waals surface area contributed by atoms with Gasteiger partial charge in [-0.25, -0.2) is 4.39 Å². The van der Waals surface area contributed by atoms with Crippen molar-refractivity contribution >= 4 is 5.91 Å². The third-order valence-corrected chi connectivity index (χ3v) is 0.519. The van der Waals surface area contributed by atoms with Gasteiger partial charge in [0.25, 0.3) is 0 Å². The highest BCUT2D eigenvalue weighted by atomic mass is 19.1. The summed E-state index contributed by atoms with van der Waals surface area (Å²) >= 11 is 0. The van der Waals surface area contributed by atoms with E-state index in [9.17, 15) is 9.18 Å². The molecule has 0 aromatic heterocycles. The molecule has 0 aliphatic heterocycles. The molecule has 1 amide bonds. The van der Waals surface area contributed by atoms with Crippen molar-refractivity contribution in [2.24, 2.45) is 0 Å². The van der Waals surface area contributed by atoms with E-state index >= 15 is 0 Å². The summed E-state index contributed by atoms with van der Waals surface area (Å²) in [6, 6.07) is 0. The van der Waals surface area contributed by atoms with Gasteiger partial charge in [0.2, 0.25) is 12.3 Å². The number of hydrogen-bond acceptors (Lipinski definition) is 2. The standard InChI is InChI=1S/C4H8FNO2/c1-3(7)6-2-4(5)8/h4,8H,2H2,1H3,(H,6,7). The maximum Gasteiger partial charge on any atom is 0.217 e. The largest absolute Gasteiger partial charge is 0.363 e. The molecule has 8 heavy (non-hydrogen) atoms. The molecule has 0 aliphatic rings. The number of aliphatic hydroxyl groups is 1. The van der Waals surface area contributed by atoms with Gasteiger partial charge in [0.15, 0.2) is 0 Å². The molecule has 0 aromatic rings. The Balaban J connectivity index is 3.05. The predicted octanol–water partition coefficient (Wildman–Crippen LogP) is -0.590. The predicted molar refractivity (Wildman–Crippen MR) is 25.8 cm³/mol. The number of amides is 1. The Labute approximate surface area is 46.5 Å². The van der Waals surface area contributed by atoms with E-state index in [0.29, 0.717) is 0 Å². The van der Waals surface area contributed by atoms with E-state index in [-0.39, 0.29) is 12.5 Å². The molecule has 0 spiro atoms. The number of halogens is 1. The minimum Gasteiger partial charge on any atom is -0.363 e. The average molecular weight is 121 g/mol. The summed E-state index contributed by atoms with van der Waals surface area (Å²) in [5.41, 5.74) is 0. The lowest BCUT2D eigenvalue weighted by Gasteiger charge is -1.99. The van der Waals surface area contributed by atoms with E-state index in [1.54, 1.807) is 0 Å². The zero-order chi connectivity index (χ0) is 6.57. The second-order valence-electron chi connectivity index (χ2n) is 1.37. The Hall–Kier alpha value is -0.640. The van der Waals surface area contributed by atoms with E-state index in [0.717, 1.165) is 0 Å². The lowest BCUT2D eigenvalue weighted by Crippen LogP contribution is -2.27. The molecule has 1 unspecified atom stereocenters. The van der Waals surface area contributed by atoms with Crippen molar-refractivity contribution in [1.29, 1.82) is 0 Å². The van der Waals surface area contributed by atoms with Gasteiger partial charge in [0, 0.05) is 6.92 Å². The molecular weight excluding hydrogens is 113 g/mol. The summed E-state index contributed by atoms with van der Waals surface area (Å²) < 4.78 is 11.4. The molecule has 0 saturated heterocycles. The van der Waals surface area contributed by atoms with Gasteiger partial charge in [-0.15, -0.1) is 0 Å². The van der Waals surface area contributed by atoms with Gasteiger partial charge in [0.05, 0.1) is 6.54 Å². The molecule has 4 heteroatoms. The number of hydrogen-bond donors (Lipinski definition) is 2. The monoisotopic (exact) mass is 121 g/mol. The fraction of sp³-hybridized carbons (Fsp3) is 0.750. The van der Waals surface area contributed by atoms with Gasteiger partial charge in [-0.1, -0.05) is 0 Å². The van der Waals surface area contributed by atoms with Crippen molar-refractivity contribution in [2.75, 3.05) is 6.54 Å². The van der Waals surface area contributed by atoms with Crippen LogP contribution in [0.4, 0.5) is 4.39 Å². The van der Waals surface area contributed by atoms with Crippen LogP contribution in [-0.4, -0.2) is 23.9 Å². The summed E-state index contributed by atoms with van der Waals surface area (Å²) in [5.74, 6) is -0.346. The van der Waals surface area contributed by atoms with E-state index in [1.807, 2.05) is 0 Å². The third-order valence-electron chi connectivity index (χ3n) is 0.519. The fourth-order valence-corrected chi connectivity index (χ4v) is 0.228. The summed E-state index contributed by atoms with van der Waals surface area (Å²) in [6.07, 6.45) is -1.95. The van der Waals surface area contributed by atoms with Gasteiger partial charge < -0.3 is 10.4 Å². The van der Waals surface area contributed by atoms with Gasteiger partial charge >= 0.3 is 0 Å². The molecule has 0 bridgehead atoms. The van der Waals surface area contributed by atoms with Crippen LogP contribution in [0.1, 0.15) is 6.92 Å². The number of rotatable bonds is 2. The molecule has 3 nitrogen and oxygen atoms in total.